The lowest BCUT2D eigenvalue weighted by atomic mass is 9.93. The lowest BCUT2D eigenvalue weighted by Crippen LogP contribution is -2.64. The maximum absolute atomic E-state index is 14.0. The van der Waals surface area contributed by atoms with E-state index in [1.54, 1.807) is 18.7 Å². The van der Waals surface area contributed by atoms with Gasteiger partial charge in [-0.05, 0) is 102 Å². The SMILES string of the molecule is CCOC(=S)SCC(CCC(=O)C(C)O[Si](C)(C)C(C)(C)C)CCC1NC(=O)C2CCCN2C(=O)C(Cc2ccccc2)NC(=O)C(C)(C)NC1=O. The third kappa shape index (κ3) is 12.4. The highest BCUT2D eigenvalue weighted by molar-refractivity contribution is 8.22. The number of amides is 4. The van der Waals surface area contributed by atoms with Gasteiger partial charge >= 0.3 is 0 Å². The summed E-state index contributed by atoms with van der Waals surface area (Å²) in [5.41, 5.74) is -0.519. The normalized spacial score (nSPS) is 22.6. The highest BCUT2D eigenvalue weighted by Gasteiger charge is 2.43. The van der Waals surface area contributed by atoms with E-state index in [9.17, 15) is 24.0 Å². The highest BCUT2D eigenvalue weighted by atomic mass is 32.2. The number of benzene rings is 1. The zero-order chi connectivity index (χ0) is 38.9. The van der Waals surface area contributed by atoms with Crippen molar-refractivity contribution in [2.75, 3.05) is 18.9 Å². The second kappa shape index (κ2) is 19.0. The number of rotatable bonds is 14. The van der Waals surface area contributed by atoms with Crippen LogP contribution in [0.25, 0.3) is 0 Å². The maximum atomic E-state index is 14.0. The van der Waals surface area contributed by atoms with Crippen LogP contribution in [0.2, 0.25) is 18.1 Å². The predicted octanol–water partition coefficient (Wildman–Crippen LogP) is 5.31. The Morgan fingerprint density at radius 2 is 1.73 bits per heavy atom. The largest absolute Gasteiger partial charge is 0.479 e. The van der Waals surface area contributed by atoms with Crippen LogP contribution in [0, 0.1) is 5.92 Å². The molecular weight excluding hydrogens is 717 g/mol. The first-order valence-electron chi connectivity index (χ1n) is 18.5. The molecule has 0 radical (unpaired) electrons. The quantitative estimate of drug-likeness (QED) is 0.169. The molecule has 5 unspecified atom stereocenters. The van der Waals surface area contributed by atoms with Crippen molar-refractivity contribution in [3.05, 3.63) is 35.9 Å². The molecule has 1 aromatic rings. The van der Waals surface area contributed by atoms with Crippen molar-refractivity contribution in [3.8, 4) is 0 Å². The van der Waals surface area contributed by atoms with Crippen LogP contribution in [0.15, 0.2) is 30.3 Å². The minimum Gasteiger partial charge on any atom is -0.479 e. The molecular formula is C38H60N4O7S2Si. The van der Waals surface area contributed by atoms with Gasteiger partial charge in [-0.15, -0.1) is 0 Å². The van der Waals surface area contributed by atoms with Gasteiger partial charge in [0.05, 0.1) is 6.61 Å². The third-order valence-electron chi connectivity index (χ3n) is 10.5. The summed E-state index contributed by atoms with van der Waals surface area (Å²) >= 11 is 6.76. The molecule has 3 rings (SSSR count). The van der Waals surface area contributed by atoms with Gasteiger partial charge in [0.1, 0.15) is 29.8 Å². The van der Waals surface area contributed by atoms with Gasteiger partial charge < -0.3 is 30.0 Å². The summed E-state index contributed by atoms with van der Waals surface area (Å²) in [5.74, 6) is -1.17. The smallest absolute Gasteiger partial charge is 0.246 e. The molecule has 52 heavy (non-hydrogen) atoms. The Morgan fingerprint density at radius 3 is 2.37 bits per heavy atom. The third-order valence-corrected chi connectivity index (χ3v) is 16.5. The predicted molar refractivity (Wildman–Crippen MR) is 212 cm³/mol. The van der Waals surface area contributed by atoms with Crippen molar-refractivity contribution in [3.63, 3.8) is 0 Å². The van der Waals surface area contributed by atoms with E-state index < -0.39 is 55.8 Å². The summed E-state index contributed by atoms with van der Waals surface area (Å²) in [6, 6.07) is 6.74. The number of hydrogen-bond acceptors (Lipinski definition) is 9. The molecule has 0 aromatic heterocycles. The average molecular weight is 777 g/mol. The van der Waals surface area contributed by atoms with Crippen molar-refractivity contribution in [1.29, 1.82) is 0 Å². The monoisotopic (exact) mass is 776 g/mol. The number of thiocarbonyl (C=S) groups is 1. The first-order valence-corrected chi connectivity index (χ1v) is 22.8. The molecule has 290 valence electrons. The average Bonchev–Trinajstić information content (AvgIpc) is 3.56. The number of ketones is 1. The van der Waals surface area contributed by atoms with E-state index in [4.69, 9.17) is 21.4 Å². The molecule has 14 heteroatoms. The molecule has 2 aliphatic heterocycles. The number of carbonyl (C=O) groups excluding carboxylic acids is 5. The molecule has 0 bridgehead atoms. The number of Topliss-reactive ketones (excluding diaryl/α,β-unsaturated/α-hetero) is 1. The van der Waals surface area contributed by atoms with Crippen LogP contribution in [0.1, 0.15) is 92.6 Å². The van der Waals surface area contributed by atoms with E-state index in [2.05, 4.69) is 49.8 Å². The lowest BCUT2D eigenvalue weighted by molar-refractivity contribution is -0.144. The topological polar surface area (TPSA) is 143 Å². The Bertz CT molecular complexity index is 1440. The summed E-state index contributed by atoms with van der Waals surface area (Å²) in [7, 11) is -2.15. The Hall–Kier alpha value is -2.81. The van der Waals surface area contributed by atoms with Gasteiger partial charge in [0.15, 0.2) is 14.1 Å². The van der Waals surface area contributed by atoms with Gasteiger partial charge in [0.2, 0.25) is 28.0 Å². The van der Waals surface area contributed by atoms with Crippen LogP contribution in [0.3, 0.4) is 0 Å². The summed E-state index contributed by atoms with van der Waals surface area (Å²) in [6.07, 6.45) is 2.37. The molecule has 0 aliphatic carbocycles. The standard InChI is InChI=1S/C38H60N4O7S2Si/c1-10-48-36(50)51-24-27(19-21-31(43)25(2)49-52(8,9)37(3,4)5)18-20-28-32(44)41-38(6,7)35(47)40-29(23-26-15-12-11-13-16-26)34(46)42-22-14-17-30(42)33(45)39-28/h11-13,15-16,25,27-30H,10,14,17-24H2,1-9H3,(H,39,45)(H,40,47)(H,41,44). The Kier molecular flexibility index (Phi) is 15.9. The zero-order valence-corrected chi connectivity index (χ0v) is 35.1. The minimum atomic E-state index is -2.15. The number of nitrogens with one attached hydrogen (secondary N) is 3. The Balaban J connectivity index is 1.80. The van der Waals surface area contributed by atoms with Gasteiger partial charge in [-0.1, -0.05) is 62.9 Å². The van der Waals surface area contributed by atoms with E-state index in [-0.39, 0.29) is 35.5 Å². The van der Waals surface area contributed by atoms with E-state index >= 15 is 0 Å². The van der Waals surface area contributed by atoms with Crippen molar-refractivity contribution in [2.45, 2.75) is 141 Å². The lowest BCUT2D eigenvalue weighted by Gasteiger charge is -2.38. The van der Waals surface area contributed by atoms with Crippen molar-refractivity contribution >= 4 is 66.1 Å². The van der Waals surface area contributed by atoms with Gasteiger partial charge in [-0.25, -0.2) is 0 Å². The Morgan fingerprint density at radius 1 is 1.06 bits per heavy atom. The number of ether oxygens (including phenoxy) is 1. The molecule has 0 saturated carbocycles. The summed E-state index contributed by atoms with van der Waals surface area (Å²) in [6.45, 7) is 18.3. The van der Waals surface area contributed by atoms with Gasteiger partial charge in [0, 0.05) is 25.1 Å². The molecule has 0 spiro atoms. The minimum absolute atomic E-state index is 0.0218. The van der Waals surface area contributed by atoms with Gasteiger partial charge in [0.25, 0.3) is 0 Å². The number of fused-ring (bicyclic) bond motifs is 1. The van der Waals surface area contributed by atoms with Crippen LogP contribution < -0.4 is 16.0 Å². The number of hydrogen-bond donors (Lipinski definition) is 3. The van der Waals surface area contributed by atoms with Crippen LogP contribution in [0.5, 0.6) is 0 Å². The number of nitrogens with zero attached hydrogens (tertiary/aromatic N) is 1. The molecule has 2 heterocycles. The highest BCUT2D eigenvalue weighted by Crippen LogP contribution is 2.37. The first kappa shape index (κ1) is 43.6. The number of carbonyl (C=O) groups is 5. The van der Waals surface area contributed by atoms with Crippen LogP contribution >= 0.6 is 24.0 Å². The summed E-state index contributed by atoms with van der Waals surface area (Å²) in [5, 5.41) is 8.64. The van der Waals surface area contributed by atoms with Crippen molar-refractivity contribution in [1.82, 2.24) is 20.9 Å². The molecule has 2 aliphatic rings. The zero-order valence-electron chi connectivity index (χ0n) is 32.5. The van der Waals surface area contributed by atoms with Gasteiger partial charge in [-0.2, -0.15) is 0 Å². The molecule has 2 fully saturated rings. The van der Waals surface area contributed by atoms with Crippen LogP contribution in [-0.4, -0.2) is 95.7 Å². The van der Waals surface area contributed by atoms with Gasteiger partial charge in [-0.3, -0.25) is 24.0 Å². The summed E-state index contributed by atoms with van der Waals surface area (Å²) in [4.78, 5) is 70.2. The first-order chi connectivity index (χ1) is 24.3. The summed E-state index contributed by atoms with van der Waals surface area (Å²) < 4.78 is 12.3. The second-order valence-corrected chi connectivity index (χ2v) is 22.4. The van der Waals surface area contributed by atoms with E-state index in [1.165, 1.54) is 11.8 Å². The van der Waals surface area contributed by atoms with Crippen LogP contribution in [-0.2, 0) is 39.6 Å². The van der Waals surface area contributed by atoms with E-state index in [1.807, 2.05) is 44.2 Å². The fourth-order valence-corrected chi connectivity index (χ4v) is 8.77. The molecule has 2 saturated heterocycles. The molecule has 4 amide bonds. The second-order valence-electron chi connectivity index (χ2n) is 16.0. The van der Waals surface area contributed by atoms with Crippen molar-refractivity contribution in [2.24, 2.45) is 5.92 Å². The fraction of sp³-hybridized carbons (Fsp3) is 0.684. The fourth-order valence-electron chi connectivity index (χ4n) is 6.17. The molecule has 11 nitrogen and oxygen atoms in total. The maximum Gasteiger partial charge on any atom is 0.246 e. The van der Waals surface area contributed by atoms with Crippen LogP contribution in [0.4, 0.5) is 0 Å². The number of thioether (sulfide) groups is 1. The Labute approximate surface area is 321 Å². The van der Waals surface area contributed by atoms with Crippen molar-refractivity contribution < 1.29 is 33.1 Å². The van der Waals surface area contributed by atoms with E-state index in [0.29, 0.717) is 55.4 Å². The molecule has 5 atom stereocenters. The molecule has 3 N–H and O–H groups in total. The van der Waals surface area contributed by atoms with E-state index in [0.717, 1.165) is 5.56 Å². The molecule has 1 aromatic carbocycles.